The summed E-state index contributed by atoms with van der Waals surface area (Å²) in [5, 5.41) is 6.01. The highest BCUT2D eigenvalue weighted by molar-refractivity contribution is 8.24. The van der Waals surface area contributed by atoms with E-state index in [1.54, 1.807) is 27.7 Å². The van der Waals surface area contributed by atoms with E-state index in [-0.39, 0.29) is 17.0 Å². The molecule has 1 atom stereocenters. The summed E-state index contributed by atoms with van der Waals surface area (Å²) in [5.74, 6) is 0. The molecule has 0 heterocycles. The number of rotatable bonds is 5. The van der Waals surface area contributed by atoms with Crippen LogP contribution >= 0.6 is 24.0 Å². The lowest BCUT2D eigenvalue weighted by atomic mass is 9.97. The summed E-state index contributed by atoms with van der Waals surface area (Å²) in [6.45, 7) is 8.89. The minimum Gasteiger partial charge on any atom is -0.444 e. The van der Waals surface area contributed by atoms with Crippen molar-refractivity contribution in [1.29, 1.82) is 0 Å². The molecule has 1 unspecified atom stereocenters. The molecular formula is C23H30N2O4S2. The molecule has 1 aliphatic carbocycles. The third-order valence-electron chi connectivity index (χ3n) is 3.90. The molecule has 0 bridgehead atoms. The Morgan fingerprint density at radius 3 is 2.00 bits per heavy atom. The van der Waals surface area contributed by atoms with Gasteiger partial charge in [0, 0.05) is 4.75 Å². The maximum Gasteiger partial charge on any atom is 0.452 e. The molecule has 2 amide bonds. The Morgan fingerprint density at radius 2 is 1.58 bits per heavy atom. The van der Waals surface area contributed by atoms with Gasteiger partial charge in [-0.2, -0.15) is 0 Å². The predicted octanol–water partition coefficient (Wildman–Crippen LogP) is 7.29. The van der Waals surface area contributed by atoms with Crippen LogP contribution in [0.3, 0.4) is 0 Å². The van der Waals surface area contributed by atoms with Crippen LogP contribution in [0.5, 0.6) is 0 Å². The molecule has 6 nitrogen and oxygen atoms in total. The Bertz CT molecular complexity index is 796. The van der Waals surface area contributed by atoms with E-state index >= 15 is 0 Å². The SMILES string of the molecule is CC(C)OC(=O)N=NC(=O)OC(C)C.CCC1(SC(=S)c2ccccc2)C=CC=CC1. The number of azo groups is 1. The molecule has 2 rings (SSSR count). The molecule has 0 saturated heterocycles. The number of nitrogens with zero attached hydrogens (tertiary/aromatic N) is 2. The molecular weight excluding hydrogens is 432 g/mol. The van der Waals surface area contributed by atoms with Crippen molar-refractivity contribution in [2.45, 2.75) is 64.4 Å². The number of carbonyl (C=O) groups excluding carboxylic acids is 2. The molecule has 0 radical (unpaired) electrons. The quantitative estimate of drug-likeness (QED) is 0.338. The molecule has 1 aromatic rings. The first-order chi connectivity index (χ1) is 14.7. The molecule has 31 heavy (non-hydrogen) atoms. The third kappa shape index (κ3) is 11.0. The summed E-state index contributed by atoms with van der Waals surface area (Å²) in [6, 6.07) is 10.3. The number of carbonyl (C=O) groups is 2. The third-order valence-corrected chi connectivity index (χ3v) is 5.81. The van der Waals surface area contributed by atoms with Crippen molar-refractivity contribution < 1.29 is 19.1 Å². The van der Waals surface area contributed by atoms with Crippen molar-refractivity contribution in [3.63, 3.8) is 0 Å². The average Bonchev–Trinajstić information content (AvgIpc) is 2.73. The van der Waals surface area contributed by atoms with Crippen LogP contribution < -0.4 is 0 Å². The van der Waals surface area contributed by atoms with Gasteiger partial charge in [0.25, 0.3) is 0 Å². The topological polar surface area (TPSA) is 77.3 Å². The van der Waals surface area contributed by atoms with E-state index in [0.29, 0.717) is 0 Å². The Balaban J connectivity index is 0.000000318. The Labute approximate surface area is 194 Å². The van der Waals surface area contributed by atoms with Gasteiger partial charge in [0.1, 0.15) is 0 Å². The van der Waals surface area contributed by atoms with E-state index in [0.717, 1.165) is 22.6 Å². The van der Waals surface area contributed by atoms with Gasteiger partial charge in [-0.15, -0.1) is 11.8 Å². The Hall–Kier alpha value is -2.32. The summed E-state index contributed by atoms with van der Waals surface area (Å²) < 4.78 is 10.3. The van der Waals surface area contributed by atoms with Crippen molar-refractivity contribution in [1.82, 2.24) is 0 Å². The number of benzene rings is 1. The van der Waals surface area contributed by atoms with Gasteiger partial charge in [-0.25, -0.2) is 9.59 Å². The second-order valence-corrected chi connectivity index (χ2v) is 9.32. The molecule has 0 fully saturated rings. The smallest absolute Gasteiger partial charge is 0.444 e. The number of ether oxygens (including phenoxy) is 2. The van der Waals surface area contributed by atoms with Crippen LogP contribution in [0.4, 0.5) is 9.59 Å². The zero-order chi connectivity index (χ0) is 23.3. The molecule has 0 saturated carbocycles. The van der Waals surface area contributed by atoms with Crippen molar-refractivity contribution in [3.8, 4) is 0 Å². The van der Waals surface area contributed by atoms with Gasteiger partial charge in [0.05, 0.1) is 16.4 Å². The predicted molar refractivity (Wildman–Crippen MR) is 130 cm³/mol. The first-order valence-electron chi connectivity index (χ1n) is 10.1. The van der Waals surface area contributed by atoms with Crippen molar-refractivity contribution in [2.75, 3.05) is 0 Å². The Morgan fingerprint density at radius 1 is 1.03 bits per heavy atom. The standard InChI is InChI=1S/C15H16S2.C8H14N2O4/c1-2-15(11-7-4-8-12-15)17-14(16)13-9-5-3-6-10-13;1-5(2)13-7(11)9-10-8(12)14-6(3)4/h3-11H,2,12H2,1H3;5-6H,1-4H3. The van der Waals surface area contributed by atoms with Crippen LogP contribution in [-0.2, 0) is 9.47 Å². The first-order valence-corrected chi connectivity index (χ1v) is 11.4. The molecule has 168 valence electrons. The number of thioether (sulfide) groups is 1. The van der Waals surface area contributed by atoms with E-state index in [2.05, 4.69) is 63.1 Å². The minimum atomic E-state index is -0.902. The number of allylic oxidation sites excluding steroid dienone is 3. The van der Waals surface area contributed by atoms with Crippen LogP contribution in [0.15, 0.2) is 64.9 Å². The van der Waals surface area contributed by atoms with E-state index in [9.17, 15) is 9.59 Å². The molecule has 1 aliphatic rings. The van der Waals surface area contributed by atoms with E-state index in [1.807, 2.05) is 30.0 Å². The van der Waals surface area contributed by atoms with E-state index in [1.165, 1.54) is 0 Å². The second-order valence-electron chi connectivity index (χ2n) is 7.23. The van der Waals surface area contributed by atoms with Gasteiger partial charge in [-0.3, -0.25) is 0 Å². The average molecular weight is 463 g/mol. The summed E-state index contributed by atoms with van der Waals surface area (Å²) >= 11 is 7.36. The van der Waals surface area contributed by atoms with Crippen molar-refractivity contribution in [3.05, 3.63) is 60.2 Å². The van der Waals surface area contributed by atoms with Gasteiger partial charge in [-0.1, -0.05) is 84.0 Å². The van der Waals surface area contributed by atoms with Gasteiger partial charge >= 0.3 is 12.2 Å². The molecule has 0 N–H and O–H groups in total. The fraction of sp³-hybridized carbons (Fsp3) is 0.435. The molecule has 0 spiro atoms. The van der Waals surface area contributed by atoms with Crippen LogP contribution in [0.25, 0.3) is 0 Å². The highest BCUT2D eigenvalue weighted by atomic mass is 32.2. The fourth-order valence-corrected chi connectivity index (χ4v) is 4.13. The number of thiocarbonyl (C=S) groups is 1. The lowest BCUT2D eigenvalue weighted by Crippen LogP contribution is -2.23. The second kappa shape index (κ2) is 13.9. The normalized spacial score (nSPS) is 17.4. The van der Waals surface area contributed by atoms with E-state index < -0.39 is 12.2 Å². The molecule has 1 aromatic carbocycles. The highest BCUT2D eigenvalue weighted by Crippen LogP contribution is 2.38. The fourth-order valence-electron chi connectivity index (χ4n) is 2.40. The number of hydrogen-bond acceptors (Lipinski definition) is 6. The molecule has 0 aliphatic heterocycles. The summed E-state index contributed by atoms with van der Waals surface area (Å²) in [5.41, 5.74) is 1.16. The lowest BCUT2D eigenvalue weighted by Gasteiger charge is -2.29. The summed E-state index contributed by atoms with van der Waals surface area (Å²) in [6.07, 6.45) is 8.54. The Kier molecular flexibility index (Phi) is 12.0. The lowest BCUT2D eigenvalue weighted by molar-refractivity contribution is 0.115. The van der Waals surface area contributed by atoms with Crippen LogP contribution in [-0.4, -0.2) is 33.3 Å². The highest BCUT2D eigenvalue weighted by Gasteiger charge is 2.27. The van der Waals surface area contributed by atoms with Gasteiger partial charge in [0.2, 0.25) is 0 Å². The number of hydrogen-bond donors (Lipinski definition) is 0. The first kappa shape index (κ1) is 26.7. The largest absolute Gasteiger partial charge is 0.452 e. The zero-order valence-corrected chi connectivity index (χ0v) is 20.2. The zero-order valence-electron chi connectivity index (χ0n) is 18.6. The van der Waals surface area contributed by atoms with Gasteiger partial charge in [-0.05, 0) is 46.1 Å². The van der Waals surface area contributed by atoms with Crippen molar-refractivity contribution >= 4 is 40.4 Å². The van der Waals surface area contributed by atoms with Crippen molar-refractivity contribution in [2.24, 2.45) is 10.2 Å². The van der Waals surface area contributed by atoms with Crippen LogP contribution in [0.2, 0.25) is 0 Å². The minimum absolute atomic E-state index is 0.154. The van der Waals surface area contributed by atoms with E-state index in [4.69, 9.17) is 12.2 Å². The van der Waals surface area contributed by atoms with Gasteiger partial charge < -0.3 is 9.47 Å². The van der Waals surface area contributed by atoms with Crippen LogP contribution in [0, 0.1) is 0 Å². The number of amides is 2. The van der Waals surface area contributed by atoms with Crippen LogP contribution in [0.1, 0.15) is 53.0 Å². The monoisotopic (exact) mass is 462 g/mol. The van der Waals surface area contributed by atoms with Gasteiger partial charge in [0.15, 0.2) is 0 Å². The summed E-state index contributed by atoms with van der Waals surface area (Å²) in [4.78, 5) is 21.5. The molecule has 0 aromatic heterocycles. The summed E-state index contributed by atoms with van der Waals surface area (Å²) in [7, 11) is 0. The maximum atomic E-state index is 10.8. The molecule has 8 heteroatoms. The maximum absolute atomic E-state index is 10.8.